The summed E-state index contributed by atoms with van der Waals surface area (Å²) >= 11 is 1.26. The van der Waals surface area contributed by atoms with Gasteiger partial charge in [-0.25, -0.2) is 12.7 Å². The topological polar surface area (TPSA) is 85.6 Å². The van der Waals surface area contributed by atoms with E-state index in [1.165, 1.54) is 25.9 Å². The van der Waals surface area contributed by atoms with Gasteiger partial charge in [0.15, 0.2) is 11.4 Å². The maximum absolute atomic E-state index is 11.3. The molecule has 0 aromatic carbocycles. The van der Waals surface area contributed by atoms with Crippen LogP contribution in [0.5, 0.6) is 0 Å². The van der Waals surface area contributed by atoms with Crippen LogP contribution >= 0.6 is 11.8 Å². The van der Waals surface area contributed by atoms with Gasteiger partial charge in [0.1, 0.15) is 0 Å². The third-order valence-corrected chi connectivity index (χ3v) is 3.95. The molecule has 0 rings (SSSR count). The summed E-state index contributed by atoms with van der Waals surface area (Å²) in [5.74, 6) is -0.0584. The van der Waals surface area contributed by atoms with Gasteiger partial charge in [-0.2, -0.15) is 5.26 Å². The second-order valence-electron chi connectivity index (χ2n) is 2.73. The molecule has 1 N–H and O–H groups in total. The quantitative estimate of drug-likeness (QED) is 0.319. The molecule has 0 radical (unpaired) electrons. The molecule has 0 aliphatic heterocycles. The van der Waals surface area contributed by atoms with Crippen LogP contribution in [-0.2, 0) is 10.0 Å². The molecule has 8 heteroatoms. The second-order valence-corrected chi connectivity index (χ2v) is 5.82. The summed E-state index contributed by atoms with van der Waals surface area (Å²) in [7, 11) is -0.262. The van der Waals surface area contributed by atoms with E-state index >= 15 is 0 Å². The van der Waals surface area contributed by atoms with Crippen molar-refractivity contribution in [3.05, 3.63) is 0 Å². The van der Waals surface area contributed by atoms with E-state index in [4.69, 9.17) is 5.26 Å². The Morgan fingerprint density at radius 2 is 2.20 bits per heavy atom. The Hall–Kier alpha value is -0.780. The highest BCUT2D eigenvalue weighted by Crippen LogP contribution is 1.97. The molecule has 0 aliphatic rings. The lowest BCUT2D eigenvalue weighted by atomic mass is 10.8. The first-order chi connectivity index (χ1) is 6.94. The number of sulfonamides is 1. The van der Waals surface area contributed by atoms with E-state index in [1.807, 2.05) is 0 Å². The predicted octanol–water partition coefficient (Wildman–Crippen LogP) is -0.333. The number of nitrogens with zero attached hydrogens (tertiary/aromatic N) is 3. The first-order valence-corrected chi connectivity index (χ1v) is 6.91. The molecule has 0 spiro atoms. The molecule has 0 unspecified atom stereocenters. The Labute approximate surface area is 94.4 Å². The summed E-state index contributed by atoms with van der Waals surface area (Å²) in [6.07, 6.45) is 3.48. The van der Waals surface area contributed by atoms with Crippen molar-refractivity contribution < 1.29 is 8.42 Å². The maximum Gasteiger partial charge on any atom is 0.215 e. The van der Waals surface area contributed by atoms with Crippen LogP contribution in [0.3, 0.4) is 0 Å². The number of amidine groups is 1. The summed E-state index contributed by atoms with van der Waals surface area (Å²) < 4.78 is 23.8. The molecule has 0 saturated heterocycles. The van der Waals surface area contributed by atoms with Crippen LogP contribution < -0.4 is 5.32 Å². The van der Waals surface area contributed by atoms with E-state index in [2.05, 4.69) is 10.3 Å². The summed E-state index contributed by atoms with van der Waals surface area (Å²) in [6, 6.07) is 0. The number of thioether (sulfide) groups is 1. The van der Waals surface area contributed by atoms with Gasteiger partial charge in [0.2, 0.25) is 10.0 Å². The van der Waals surface area contributed by atoms with Gasteiger partial charge in [0.25, 0.3) is 0 Å². The van der Waals surface area contributed by atoms with E-state index in [-0.39, 0.29) is 12.3 Å². The molecular weight excluding hydrogens is 236 g/mol. The molecule has 6 nitrogen and oxygen atoms in total. The van der Waals surface area contributed by atoms with Crippen LogP contribution in [0.1, 0.15) is 0 Å². The molecule has 0 aromatic heterocycles. The summed E-state index contributed by atoms with van der Waals surface area (Å²) in [6.45, 7) is 0.144. The summed E-state index contributed by atoms with van der Waals surface area (Å²) in [5, 5.41) is 11.1. The van der Waals surface area contributed by atoms with E-state index in [0.717, 1.165) is 4.31 Å². The van der Waals surface area contributed by atoms with E-state index < -0.39 is 10.0 Å². The molecule has 0 aliphatic carbocycles. The molecule has 0 bridgehead atoms. The zero-order valence-corrected chi connectivity index (χ0v) is 10.5. The highest BCUT2D eigenvalue weighted by Gasteiger charge is 2.12. The van der Waals surface area contributed by atoms with Crippen molar-refractivity contribution in [2.24, 2.45) is 4.99 Å². The summed E-state index contributed by atoms with van der Waals surface area (Å²) in [5.41, 5.74) is 0. The smallest absolute Gasteiger partial charge is 0.215 e. The molecule has 0 heterocycles. The van der Waals surface area contributed by atoms with Crippen LogP contribution in [0.2, 0.25) is 0 Å². The third-order valence-electron chi connectivity index (χ3n) is 1.52. The van der Waals surface area contributed by atoms with Crippen LogP contribution in [-0.4, -0.2) is 50.5 Å². The lowest BCUT2D eigenvalue weighted by Gasteiger charge is -2.09. The Kier molecular flexibility index (Phi) is 6.31. The lowest BCUT2D eigenvalue weighted by molar-refractivity contribution is 0.521. The van der Waals surface area contributed by atoms with Crippen LogP contribution in [0.25, 0.3) is 0 Å². The van der Waals surface area contributed by atoms with Crippen LogP contribution in [0, 0.1) is 11.5 Å². The number of rotatable bonds is 4. The zero-order chi connectivity index (χ0) is 11.9. The molecule has 0 atom stereocenters. The Bertz CT molecular complexity index is 356. The van der Waals surface area contributed by atoms with Gasteiger partial charge in [0.05, 0.1) is 12.3 Å². The van der Waals surface area contributed by atoms with Gasteiger partial charge in [-0.1, -0.05) is 11.8 Å². The van der Waals surface area contributed by atoms with Crippen molar-refractivity contribution in [1.29, 1.82) is 5.26 Å². The molecule has 15 heavy (non-hydrogen) atoms. The average molecular weight is 250 g/mol. The van der Waals surface area contributed by atoms with Gasteiger partial charge in [-0.15, -0.1) is 0 Å². The Morgan fingerprint density at radius 3 is 2.60 bits per heavy atom. The van der Waals surface area contributed by atoms with Gasteiger partial charge in [-0.3, -0.25) is 10.3 Å². The van der Waals surface area contributed by atoms with Crippen molar-refractivity contribution in [2.45, 2.75) is 0 Å². The normalized spacial score (nSPS) is 12.6. The van der Waals surface area contributed by atoms with E-state index in [0.29, 0.717) is 5.17 Å². The number of nitrogens with one attached hydrogen (secondary N) is 1. The number of aliphatic imine (C=N–C) groups is 1. The molecular formula is C7H14N4O2S2. The van der Waals surface area contributed by atoms with Gasteiger partial charge in [-0.05, 0) is 6.26 Å². The van der Waals surface area contributed by atoms with Gasteiger partial charge < -0.3 is 0 Å². The zero-order valence-electron chi connectivity index (χ0n) is 8.89. The first kappa shape index (κ1) is 14.2. The molecule has 0 fully saturated rings. The Morgan fingerprint density at radius 1 is 1.60 bits per heavy atom. The lowest BCUT2D eigenvalue weighted by Crippen LogP contribution is -2.26. The van der Waals surface area contributed by atoms with E-state index in [9.17, 15) is 8.42 Å². The van der Waals surface area contributed by atoms with Crippen molar-refractivity contribution >= 4 is 27.0 Å². The highest BCUT2D eigenvalue weighted by molar-refractivity contribution is 8.13. The monoisotopic (exact) mass is 250 g/mol. The van der Waals surface area contributed by atoms with Gasteiger partial charge >= 0.3 is 0 Å². The van der Waals surface area contributed by atoms with Crippen LogP contribution in [0.15, 0.2) is 4.99 Å². The third kappa shape index (κ3) is 5.61. The Balaban J connectivity index is 4.24. The number of nitriles is 1. The average Bonchev–Trinajstić information content (AvgIpc) is 2.16. The standard InChI is InChI=1S/C7H14N4O2S2/c1-11(2)15(12,13)5-4-9-7(14-3)10-6-8/h4-5H2,1-3H3,(H,9,10). The second kappa shape index (κ2) is 6.66. The SMILES string of the molecule is CSC(=NCCS(=O)(=O)N(C)C)NC#N. The maximum atomic E-state index is 11.3. The number of hydrogen-bond acceptors (Lipinski definition) is 5. The van der Waals surface area contributed by atoms with Gasteiger partial charge in [0, 0.05) is 14.1 Å². The fourth-order valence-corrected chi connectivity index (χ4v) is 1.70. The number of hydrogen-bond donors (Lipinski definition) is 1. The molecule has 0 amide bonds. The largest absolute Gasteiger partial charge is 0.272 e. The fraction of sp³-hybridized carbons (Fsp3) is 0.714. The highest BCUT2D eigenvalue weighted by atomic mass is 32.2. The predicted molar refractivity (Wildman–Crippen MR) is 62.0 cm³/mol. The minimum atomic E-state index is -3.21. The van der Waals surface area contributed by atoms with Crippen molar-refractivity contribution in [3.8, 4) is 6.19 Å². The van der Waals surface area contributed by atoms with E-state index in [1.54, 1.807) is 12.4 Å². The summed E-state index contributed by atoms with van der Waals surface area (Å²) in [4.78, 5) is 3.94. The fourth-order valence-electron chi connectivity index (χ4n) is 0.648. The molecule has 0 aromatic rings. The first-order valence-electron chi connectivity index (χ1n) is 4.07. The van der Waals surface area contributed by atoms with Crippen molar-refractivity contribution in [1.82, 2.24) is 9.62 Å². The van der Waals surface area contributed by atoms with Crippen LogP contribution in [0.4, 0.5) is 0 Å². The molecule has 86 valence electrons. The minimum absolute atomic E-state index is 0.0584. The molecule has 0 saturated carbocycles. The van der Waals surface area contributed by atoms with Crippen molar-refractivity contribution in [3.63, 3.8) is 0 Å². The van der Waals surface area contributed by atoms with Crippen molar-refractivity contribution in [2.75, 3.05) is 32.6 Å². The minimum Gasteiger partial charge on any atom is -0.272 e.